The highest BCUT2D eigenvalue weighted by atomic mass is 32.1. The van der Waals surface area contributed by atoms with Gasteiger partial charge in [0.05, 0.1) is 13.0 Å². The molecule has 0 aromatic heterocycles. The summed E-state index contributed by atoms with van der Waals surface area (Å²) in [5.74, 6) is -0.768. The number of hydrogen-bond acceptors (Lipinski definition) is 5. The maximum absolute atomic E-state index is 12.1. The number of anilines is 1. The quantitative estimate of drug-likeness (QED) is 0.285. The van der Waals surface area contributed by atoms with E-state index in [4.69, 9.17) is 27.5 Å². The lowest BCUT2D eigenvalue weighted by Crippen LogP contribution is -2.35. The van der Waals surface area contributed by atoms with Crippen molar-refractivity contribution >= 4 is 40.6 Å². The van der Waals surface area contributed by atoms with Gasteiger partial charge in [-0.05, 0) is 61.3 Å². The lowest BCUT2D eigenvalue weighted by Gasteiger charge is -2.13. The molecule has 2 aromatic carbocycles. The molecule has 2 rings (SSSR count). The summed E-state index contributed by atoms with van der Waals surface area (Å²) in [5.41, 5.74) is 2.20. The largest absolute Gasteiger partial charge is 0.494 e. The molecule has 0 aliphatic carbocycles. The number of rotatable bonds is 9. The highest BCUT2D eigenvalue weighted by Gasteiger charge is 2.09. The Morgan fingerprint density at radius 1 is 1.17 bits per heavy atom. The molecule has 152 valence electrons. The van der Waals surface area contributed by atoms with Gasteiger partial charge >= 0.3 is 5.97 Å². The average Bonchev–Trinajstić information content (AvgIpc) is 2.67. The Labute approximate surface area is 174 Å². The fraction of sp³-hybridized carbons (Fsp3) is 0.238. The first kappa shape index (κ1) is 22.0. The van der Waals surface area contributed by atoms with Crippen molar-refractivity contribution in [2.24, 2.45) is 0 Å². The van der Waals surface area contributed by atoms with Gasteiger partial charge in [-0.2, -0.15) is 0 Å². The van der Waals surface area contributed by atoms with E-state index in [9.17, 15) is 9.59 Å². The molecule has 0 bridgehead atoms. The van der Waals surface area contributed by atoms with Gasteiger partial charge in [0.2, 0.25) is 5.91 Å². The molecule has 8 heteroatoms. The van der Waals surface area contributed by atoms with Crippen LogP contribution in [0.2, 0.25) is 0 Å². The monoisotopic (exact) mass is 413 g/mol. The first-order valence-electron chi connectivity index (χ1n) is 9.04. The van der Waals surface area contributed by atoms with Crippen LogP contribution in [-0.2, 0) is 16.0 Å². The predicted molar refractivity (Wildman–Crippen MR) is 116 cm³/mol. The van der Waals surface area contributed by atoms with Crippen LogP contribution in [0.25, 0.3) is 0 Å². The molecule has 0 aliphatic rings. The minimum atomic E-state index is -1.21. The van der Waals surface area contributed by atoms with Crippen LogP contribution >= 0.6 is 12.2 Å². The number of aliphatic carboxylic acids is 1. The van der Waals surface area contributed by atoms with Crippen molar-refractivity contribution < 1.29 is 19.4 Å². The summed E-state index contributed by atoms with van der Waals surface area (Å²) >= 11 is 5.21. The second-order valence-electron chi connectivity index (χ2n) is 6.38. The minimum Gasteiger partial charge on any atom is -0.494 e. The first-order chi connectivity index (χ1) is 13.8. The van der Waals surface area contributed by atoms with Crippen LogP contribution in [0.1, 0.15) is 24.0 Å². The molecule has 0 radical (unpaired) electrons. The minimum absolute atomic E-state index is 0.158. The van der Waals surface area contributed by atoms with E-state index in [0.29, 0.717) is 18.8 Å². The third-order valence-electron chi connectivity index (χ3n) is 4.00. The molecule has 0 saturated carbocycles. The van der Waals surface area contributed by atoms with Crippen molar-refractivity contribution in [1.29, 1.82) is 5.41 Å². The molecule has 0 saturated heterocycles. The van der Waals surface area contributed by atoms with Gasteiger partial charge in [0.15, 0.2) is 5.11 Å². The molecular weight excluding hydrogens is 390 g/mol. The number of ether oxygens (including phenoxy) is 1. The van der Waals surface area contributed by atoms with Gasteiger partial charge in [-0.1, -0.05) is 30.3 Å². The molecular formula is C21H23N3O4S. The number of thiocarbonyl (C=S) groups is 1. The molecule has 0 spiro atoms. The molecule has 0 heterocycles. The van der Waals surface area contributed by atoms with Crippen molar-refractivity contribution in [3.05, 3.63) is 59.7 Å². The van der Waals surface area contributed by atoms with Crippen LogP contribution in [0.3, 0.4) is 0 Å². The van der Waals surface area contributed by atoms with Crippen LogP contribution in [-0.4, -0.2) is 34.4 Å². The second kappa shape index (κ2) is 10.9. The fourth-order valence-corrected chi connectivity index (χ4v) is 2.74. The second-order valence-corrected chi connectivity index (χ2v) is 6.79. The summed E-state index contributed by atoms with van der Waals surface area (Å²) in [6, 6.07) is 14.8. The Balaban J connectivity index is 1.80. The highest BCUT2D eigenvalue weighted by Crippen LogP contribution is 2.21. The smallest absolute Gasteiger partial charge is 0.349 e. The van der Waals surface area contributed by atoms with E-state index in [1.54, 1.807) is 12.1 Å². The van der Waals surface area contributed by atoms with Gasteiger partial charge in [0.1, 0.15) is 11.5 Å². The van der Waals surface area contributed by atoms with Gasteiger partial charge in [-0.3, -0.25) is 10.2 Å². The first-order valence-corrected chi connectivity index (χ1v) is 9.45. The van der Waals surface area contributed by atoms with Crippen LogP contribution in [0.5, 0.6) is 5.75 Å². The standard InChI is InChI=1S/C21H23N3O4S/c1-14-12-16(28-11-5-8-17(22)20(26)27)9-10-18(14)23-21(29)24-19(25)13-15-6-3-2-4-7-15/h2-4,6-7,9-10,12,22H,5,8,11,13H2,1H3,(H,26,27)(H2,23,24,25,29). The maximum Gasteiger partial charge on any atom is 0.349 e. The number of nitrogens with one attached hydrogen (secondary N) is 3. The van der Waals surface area contributed by atoms with E-state index in [2.05, 4.69) is 10.6 Å². The van der Waals surface area contributed by atoms with Gasteiger partial charge < -0.3 is 20.5 Å². The zero-order valence-corrected chi connectivity index (χ0v) is 16.8. The molecule has 0 fully saturated rings. The van der Waals surface area contributed by atoms with E-state index < -0.39 is 5.97 Å². The number of hydrogen-bond donors (Lipinski definition) is 4. The van der Waals surface area contributed by atoms with Crippen molar-refractivity contribution in [2.45, 2.75) is 26.2 Å². The van der Waals surface area contributed by atoms with Crippen LogP contribution in [0, 0.1) is 12.3 Å². The lowest BCUT2D eigenvalue weighted by atomic mass is 10.1. The van der Waals surface area contributed by atoms with Crippen LogP contribution in [0.15, 0.2) is 48.5 Å². The number of carbonyl (C=O) groups excluding carboxylic acids is 1. The third kappa shape index (κ3) is 7.71. The summed E-state index contributed by atoms with van der Waals surface area (Å²) in [6.45, 7) is 2.19. The zero-order valence-electron chi connectivity index (χ0n) is 16.0. The van der Waals surface area contributed by atoms with Gasteiger partial charge in [-0.25, -0.2) is 4.79 Å². The van der Waals surface area contributed by atoms with Crippen LogP contribution < -0.4 is 15.4 Å². The highest BCUT2D eigenvalue weighted by molar-refractivity contribution is 7.80. The number of amides is 1. The Morgan fingerprint density at radius 2 is 1.90 bits per heavy atom. The summed E-state index contributed by atoms with van der Waals surface area (Å²) in [7, 11) is 0. The number of aryl methyl sites for hydroxylation is 1. The Hall–Kier alpha value is -3.26. The summed E-state index contributed by atoms with van der Waals surface area (Å²) in [4.78, 5) is 22.7. The van der Waals surface area contributed by atoms with E-state index in [-0.39, 0.29) is 29.6 Å². The van der Waals surface area contributed by atoms with Gasteiger partial charge in [-0.15, -0.1) is 0 Å². The molecule has 4 N–H and O–H groups in total. The molecule has 1 amide bonds. The summed E-state index contributed by atoms with van der Waals surface area (Å²) in [6.07, 6.45) is 0.848. The number of carbonyl (C=O) groups is 2. The Bertz CT molecular complexity index is 900. The van der Waals surface area contributed by atoms with Crippen molar-refractivity contribution in [1.82, 2.24) is 5.32 Å². The van der Waals surface area contributed by atoms with E-state index in [1.165, 1.54) is 0 Å². The molecule has 0 atom stereocenters. The zero-order chi connectivity index (χ0) is 21.2. The van der Waals surface area contributed by atoms with Gasteiger partial charge in [0, 0.05) is 5.69 Å². The fourth-order valence-electron chi connectivity index (χ4n) is 2.52. The molecule has 7 nitrogen and oxygen atoms in total. The van der Waals surface area contributed by atoms with Crippen molar-refractivity contribution in [3.8, 4) is 5.75 Å². The lowest BCUT2D eigenvalue weighted by molar-refractivity contribution is -0.129. The Morgan fingerprint density at radius 3 is 2.55 bits per heavy atom. The molecule has 0 unspecified atom stereocenters. The van der Waals surface area contributed by atoms with Gasteiger partial charge in [0.25, 0.3) is 0 Å². The van der Waals surface area contributed by atoms with Crippen molar-refractivity contribution in [3.63, 3.8) is 0 Å². The molecule has 2 aromatic rings. The van der Waals surface area contributed by atoms with E-state index >= 15 is 0 Å². The number of benzene rings is 2. The van der Waals surface area contributed by atoms with Crippen LogP contribution in [0.4, 0.5) is 5.69 Å². The molecule has 29 heavy (non-hydrogen) atoms. The Kier molecular flexibility index (Phi) is 8.29. The summed E-state index contributed by atoms with van der Waals surface area (Å²) in [5, 5.41) is 21.8. The van der Waals surface area contributed by atoms with E-state index in [1.807, 2.05) is 43.3 Å². The number of carboxylic acid groups (broad SMARTS) is 1. The topological polar surface area (TPSA) is 112 Å². The van der Waals surface area contributed by atoms with E-state index in [0.717, 1.165) is 16.8 Å². The maximum atomic E-state index is 12.1. The number of carboxylic acids is 1. The predicted octanol–water partition coefficient (Wildman–Crippen LogP) is 3.31. The molecule has 0 aliphatic heterocycles. The SMILES string of the molecule is Cc1cc(OCCCC(=N)C(=O)O)ccc1NC(=S)NC(=O)Cc1ccccc1. The summed E-state index contributed by atoms with van der Waals surface area (Å²) < 4.78 is 5.59. The van der Waals surface area contributed by atoms with Crippen molar-refractivity contribution in [2.75, 3.05) is 11.9 Å². The normalized spacial score (nSPS) is 10.1. The average molecular weight is 413 g/mol. The third-order valence-corrected chi connectivity index (χ3v) is 4.21.